The Kier molecular flexibility index (Phi) is 15.7. The Balaban J connectivity index is 0. The summed E-state index contributed by atoms with van der Waals surface area (Å²) in [5.74, 6) is -0.382. The van der Waals surface area contributed by atoms with Gasteiger partial charge in [-0.25, -0.2) is 0 Å². The summed E-state index contributed by atoms with van der Waals surface area (Å²) in [6.45, 7) is 3.51. The van der Waals surface area contributed by atoms with Crippen molar-refractivity contribution in [1.29, 1.82) is 0 Å². The zero-order chi connectivity index (χ0) is 15.1. The van der Waals surface area contributed by atoms with Crippen LogP contribution in [-0.2, 0) is 10.1 Å². The fourth-order valence-electron chi connectivity index (χ4n) is 1.26. The number of aliphatic hydroxyl groups excluding tert-OH is 2. The maximum Gasteiger partial charge on any atom is 0.266 e. The van der Waals surface area contributed by atoms with Crippen LogP contribution in [0, 0.1) is 0 Å². The van der Waals surface area contributed by atoms with Gasteiger partial charge >= 0.3 is 0 Å². The van der Waals surface area contributed by atoms with E-state index in [1.54, 1.807) is 4.90 Å². The first-order valence-corrected chi connectivity index (χ1v) is 8.11. The Bertz CT molecular complexity index is 262. The van der Waals surface area contributed by atoms with Crippen molar-refractivity contribution in [3.63, 3.8) is 0 Å². The maximum atomic E-state index is 10.3. The number of hydrogen-bond donors (Lipinski definition) is 4. The van der Waals surface area contributed by atoms with Crippen LogP contribution < -0.4 is 5.73 Å². The lowest BCUT2D eigenvalue weighted by molar-refractivity contribution is 0.166. The van der Waals surface area contributed by atoms with E-state index >= 15 is 0 Å². The van der Waals surface area contributed by atoms with Crippen LogP contribution >= 0.6 is 0 Å². The SMILES string of the molecule is CCCCCN.O=S(=O)(O)CCN(CCO)CCO. The molecule has 0 radical (unpaired) electrons. The van der Waals surface area contributed by atoms with Crippen LogP contribution in [0.3, 0.4) is 0 Å². The van der Waals surface area contributed by atoms with Crippen molar-refractivity contribution in [2.45, 2.75) is 26.2 Å². The van der Waals surface area contributed by atoms with Crippen LogP contribution in [-0.4, -0.2) is 73.2 Å². The number of nitrogens with two attached hydrogens (primary N) is 1. The Morgan fingerprint density at radius 3 is 1.84 bits per heavy atom. The Labute approximate surface area is 116 Å². The molecule has 8 heteroatoms. The molecule has 0 aromatic carbocycles. The van der Waals surface area contributed by atoms with Gasteiger partial charge in [0.25, 0.3) is 10.1 Å². The first kappa shape index (κ1) is 21.1. The molecular formula is C11H28N2O5S. The third kappa shape index (κ3) is 20.2. The van der Waals surface area contributed by atoms with Crippen molar-refractivity contribution in [3.8, 4) is 0 Å². The van der Waals surface area contributed by atoms with E-state index in [2.05, 4.69) is 6.92 Å². The number of aliphatic hydroxyl groups is 2. The number of nitrogens with zero attached hydrogens (tertiary/aromatic N) is 1. The zero-order valence-corrected chi connectivity index (χ0v) is 12.5. The second-order valence-electron chi connectivity index (χ2n) is 4.07. The van der Waals surface area contributed by atoms with Gasteiger partial charge in [0.15, 0.2) is 0 Å². The molecule has 0 aromatic rings. The molecule has 0 saturated heterocycles. The quantitative estimate of drug-likeness (QED) is 0.310. The van der Waals surface area contributed by atoms with E-state index in [-0.39, 0.29) is 38.6 Å². The normalized spacial score (nSPS) is 11.3. The molecule has 0 heterocycles. The van der Waals surface area contributed by atoms with Gasteiger partial charge in [-0.1, -0.05) is 19.8 Å². The highest BCUT2D eigenvalue weighted by molar-refractivity contribution is 7.85. The molecule has 0 aliphatic heterocycles. The molecule has 0 saturated carbocycles. The number of rotatable bonds is 10. The van der Waals surface area contributed by atoms with Crippen molar-refractivity contribution >= 4 is 10.1 Å². The van der Waals surface area contributed by atoms with E-state index in [0.29, 0.717) is 0 Å². The van der Waals surface area contributed by atoms with E-state index in [4.69, 9.17) is 20.5 Å². The van der Waals surface area contributed by atoms with Gasteiger partial charge in [0, 0.05) is 19.6 Å². The van der Waals surface area contributed by atoms with Crippen LogP contribution in [0.4, 0.5) is 0 Å². The van der Waals surface area contributed by atoms with E-state index < -0.39 is 10.1 Å². The molecule has 0 aliphatic carbocycles. The van der Waals surface area contributed by atoms with E-state index in [1.165, 1.54) is 19.3 Å². The summed E-state index contributed by atoms with van der Waals surface area (Å²) in [6, 6.07) is 0. The first-order chi connectivity index (χ1) is 8.91. The van der Waals surface area contributed by atoms with Gasteiger partial charge in [0.05, 0.1) is 19.0 Å². The van der Waals surface area contributed by atoms with Gasteiger partial charge in [-0.15, -0.1) is 0 Å². The van der Waals surface area contributed by atoms with Gasteiger partial charge in [-0.3, -0.25) is 9.45 Å². The number of hydrogen-bond acceptors (Lipinski definition) is 6. The lowest BCUT2D eigenvalue weighted by Crippen LogP contribution is -2.34. The third-order valence-electron chi connectivity index (χ3n) is 2.31. The molecule has 0 rings (SSSR count). The van der Waals surface area contributed by atoms with Crippen LogP contribution in [0.15, 0.2) is 0 Å². The van der Waals surface area contributed by atoms with Gasteiger partial charge < -0.3 is 15.9 Å². The first-order valence-electron chi connectivity index (χ1n) is 6.50. The topological polar surface area (TPSA) is 124 Å². The van der Waals surface area contributed by atoms with Crippen molar-refractivity contribution in [3.05, 3.63) is 0 Å². The fraction of sp³-hybridized carbons (Fsp3) is 1.00. The molecule has 0 bridgehead atoms. The van der Waals surface area contributed by atoms with Crippen LogP contribution in [0.25, 0.3) is 0 Å². The lowest BCUT2D eigenvalue weighted by Gasteiger charge is -2.18. The Hall–Kier alpha value is -0.250. The van der Waals surface area contributed by atoms with Crippen LogP contribution in [0.2, 0.25) is 0 Å². The largest absolute Gasteiger partial charge is 0.395 e. The second kappa shape index (κ2) is 14.2. The number of unbranched alkanes of at least 4 members (excludes halogenated alkanes) is 2. The van der Waals surface area contributed by atoms with Crippen LogP contribution in [0.5, 0.6) is 0 Å². The molecule has 0 spiro atoms. The molecule has 19 heavy (non-hydrogen) atoms. The lowest BCUT2D eigenvalue weighted by atomic mass is 10.3. The van der Waals surface area contributed by atoms with Crippen molar-refractivity contribution in [1.82, 2.24) is 4.90 Å². The average molecular weight is 300 g/mol. The Morgan fingerprint density at radius 2 is 1.58 bits per heavy atom. The predicted molar refractivity (Wildman–Crippen MR) is 75.6 cm³/mol. The van der Waals surface area contributed by atoms with Gasteiger partial charge in [0.1, 0.15) is 0 Å². The highest BCUT2D eigenvalue weighted by Gasteiger charge is 2.09. The molecule has 0 amide bonds. The van der Waals surface area contributed by atoms with Crippen LogP contribution in [0.1, 0.15) is 26.2 Å². The summed E-state index contributed by atoms with van der Waals surface area (Å²) < 4.78 is 29.1. The highest BCUT2D eigenvalue weighted by Crippen LogP contribution is 1.90. The van der Waals surface area contributed by atoms with Crippen molar-refractivity contribution in [2.24, 2.45) is 5.73 Å². The molecule has 5 N–H and O–H groups in total. The predicted octanol–water partition coefficient (Wildman–Crippen LogP) is -0.704. The minimum absolute atomic E-state index is 0.106. The summed E-state index contributed by atoms with van der Waals surface area (Å²) in [5.41, 5.74) is 5.21. The van der Waals surface area contributed by atoms with Gasteiger partial charge in [-0.2, -0.15) is 8.42 Å². The summed E-state index contributed by atoms with van der Waals surface area (Å²) >= 11 is 0. The minimum atomic E-state index is -3.96. The fourth-order valence-corrected chi connectivity index (χ4v) is 1.75. The van der Waals surface area contributed by atoms with Crippen molar-refractivity contribution < 1.29 is 23.2 Å². The molecule has 0 fully saturated rings. The zero-order valence-electron chi connectivity index (χ0n) is 11.7. The maximum absolute atomic E-state index is 10.3. The minimum Gasteiger partial charge on any atom is -0.395 e. The summed E-state index contributed by atoms with van der Waals surface area (Å²) in [6.07, 6.45) is 3.75. The van der Waals surface area contributed by atoms with Gasteiger partial charge in [0.2, 0.25) is 0 Å². The average Bonchev–Trinajstić information content (AvgIpc) is 2.34. The molecular weight excluding hydrogens is 272 g/mol. The Morgan fingerprint density at radius 1 is 1.05 bits per heavy atom. The molecule has 0 unspecified atom stereocenters. The van der Waals surface area contributed by atoms with E-state index in [1.807, 2.05) is 0 Å². The summed E-state index contributed by atoms with van der Waals surface area (Å²) in [4.78, 5) is 1.55. The molecule has 7 nitrogen and oxygen atoms in total. The summed E-state index contributed by atoms with van der Waals surface area (Å²) in [5, 5.41) is 17.1. The molecule has 0 aromatic heterocycles. The monoisotopic (exact) mass is 300 g/mol. The standard InChI is InChI=1S/C6H15NO5S.C5H13N/c8-4-1-7(2-5-9)3-6-13(10,11)12;1-2-3-4-5-6/h8-9H,1-6H2,(H,10,11,12);2-6H2,1H3. The van der Waals surface area contributed by atoms with Crippen molar-refractivity contribution in [2.75, 3.05) is 45.1 Å². The molecule has 118 valence electrons. The smallest absolute Gasteiger partial charge is 0.266 e. The van der Waals surface area contributed by atoms with Gasteiger partial charge in [-0.05, 0) is 13.0 Å². The molecule has 0 aliphatic rings. The van der Waals surface area contributed by atoms with E-state index in [0.717, 1.165) is 6.54 Å². The van der Waals surface area contributed by atoms with E-state index in [9.17, 15) is 8.42 Å². The summed E-state index contributed by atoms with van der Waals surface area (Å²) in [7, 11) is -3.96. The second-order valence-corrected chi connectivity index (χ2v) is 5.64. The third-order valence-corrected chi connectivity index (χ3v) is 3.00. The highest BCUT2D eigenvalue weighted by atomic mass is 32.2. The molecule has 0 atom stereocenters.